The van der Waals surface area contributed by atoms with Crippen molar-refractivity contribution in [2.45, 2.75) is 11.5 Å². The van der Waals surface area contributed by atoms with Gasteiger partial charge < -0.3 is 18.9 Å². The van der Waals surface area contributed by atoms with Crippen LogP contribution in [0, 0.1) is 0 Å². The first kappa shape index (κ1) is 14.9. The van der Waals surface area contributed by atoms with Crippen LogP contribution < -0.4 is 18.9 Å². The summed E-state index contributed by atoms with van der Waals surface area (Å²) in [4.78, 5) is 0. The summed E-state index contributed by atoms with van der Waals surface area (Å²) in [6.07, 6.45) is 0. The van der Waals surface area contributed by atoms with Crippen molar-refractivity contribution < 1.29 is 18.9 Å². The van der Waals surface area contributed by atoms with Crippen LogP contribution in [-0.2, 0) is 11.5 Å². The number of benzene rings is 2. The fourth-order valence-corrected chi connectivity index (χ4v) is 3.22. The van der Waals surface area contributed by atoms with E-state index in [1.165, 1.54) is 11.1 Å². The third-order valence-corrected chi connectivity index (χ3v) is 4.50. The van der Waals surface area contributed by atoms with E-state index in [1.807, 2.05) is 36.0 Å². The Morgan fingerprint density at radius 1 is 0.864 bits per heavy atom. The highest BCUT2D eigenvalue weighted by Gasteiger charge is 2.13. The molecule has 2 aromatic rings. The van der Waals surface area contributed by atoms with Gasteiger partial charge in [-0.1, -0.05) is 12.1 Å². The minimum absolute atomic E-state index is 0.317. The van der Waals surface area contributed by atoms with Crippen LogP contribution in [0.4, 0.5) is 0 Å². The van der Waals surface area contributed by atoms with Gasteiger partial charge in [-0.25, -0.2) is 0 Å². The molecule has 4 nitrogen and oxygen atoms in total. The lowest BCUT2D eigenvalue weighted by molar-refractivity contribution is 0.174. The van der Waals surface area contributed by atoms with Gasteiger partial charge in [0.05, 0.1) is 14.2 Å². The molecular formula is C17H18O4S. The van der Waals surface area contributed by atoms with Crippen LogP contribution in [0.3, 0.4) is 0 Å². The molecule has 116 valence electrons. The highest BCUT2D eigenvalue weighted by molar-refractivity contribution is 7.97. The molecule has 5 heteroatoms. The van der Waals surface area contributed by atoms with Crippen LogP contribution >= 0.6 is 11.8 Å². The summed E-state index contributed by atoms with van der Waals surface area (Å²) in [6, 6.07) is 12.1. The van der Waals surface area contributed by atoms with Gasteiger partial charge in [0, 0.05) is 11.5 Å². The molecule has 0 saturated heterocycles. The monoisotopic (exact) mass is 318 g/mol. The number of rotatable bonds is 6. The summed E-state index contributed by atoms with van der Waals surface area (Å²) in [5.41, 5.74) is 2.44. The van der Waals surface area contributed by atoms with E-state index in [1.54, 1.807) is 14.2 Å². The Labute approximate surface area is 134 Å². The molecule has 1 aliphatic rings. The van der Waals surface area contributed by atoms with E-state index in [9.17, 15) is 0 Å². The number of methoxy groups -OCH3 is 2. The highest BCUT2D eigenvalue weighted by atomic mass is 32.2. The summed E-state index contributed by atoms with van der Waals surface area (Å²) in [5.74, 6) is 5.02. The molecule has 0 aromatic heterocycles. The molecule has 22 heavy (non-hydrogen) atoms. The Kier molecular flexibility index (Phi) is 4.63. The first-order valence-electron chi connectivity index (χ1n) is 6.97. The Hall–Kier alpha value is -2.01. The average molecular weight is 318 g/mol. The molecule has 1 aliphatic heterocycles. The van der Waals surface area contributed by atoms with Crippen LogP contribution in [0.2, 0.25) is 0 Å². The fraction of sp³-hybridized carbons (Fsp3) is 0.294. The van der Waals surface area contributed by atoms with Crippen LogP contribution in [0.1, 0.15) is 11.1 Å². The van der Waals surface area contributed by atoms with Crippen molar-refractivity contribution in [2.75, 3.05) is 21.0 Å². The largest absolute Gasteiger partial charge is 0.493 e. The molecule has 0 aliphatic carbocycles. The fourth-order valence-electron chi connectivity index (χ4n) is 2.29. The molecule has 0 N–H and O–H groups in total. The normalized spacial score (nSPS) is 12.3. The van der Waals surface area contributed by atoms with Crippen molar-refractivity contribution in [1.82, 2.24) is 0 Å². The highest BCUT2D eigenvalue weighted by Crippen LogP contribution is 2.34. The molecule has 1 heterocycles. The predicted octanol–water partition coefficient (Wildman–Crippen LogP) is 3.87. The van der Waals surface area contributed by atoms with Gasteiger partial charge in [0.1, 0.15) is 0 Å². The average Bonchev–Trinajstić information content (AvgIpc) is 3.02. The molecule has 3 rings (SSSR count). The van der Waals surface area contributed by atoms with Crippen LogP contribution in [0.25, 0.3) is 0 Å². The quantitative estimate of drug-likeness (QED) is 0.808. The summed E-state index contributed by atoms with van der Waals surface area (Å²) in [7, 11) is 3.30. The molecule has 0 unspecified atom stereocenters. The Morgan fingerprint density at radius 3 is 2.32 bits per heavy atom. The SMILES string of the molecule is COc1ccc(CSCc2ccc3c(c2)OCO3)cc1OC. The van der Waals surface area contributed by atoms with Gasteiger partial charge in [0.15, 0.2) is 23.0 Å². The minimum Gasteiger partial charge on any atom is -0.493 e. The number of ether oxygens (including phenoxy) is 4. The lowest BCUT2D eigenvalue weighted by Crippen LogP contribution is -1.93. The zero-order valence-corrected chi connectivity index (χ0v) is 13.4. The number of hydrogen-bond acceptors (Lipinski definition) is 5. The molecule has 0 spiro atoms. The van der Waals surface area contributed by atoms with Gasteiger partial charge in [-0.3, -0.25) is 0 Å². The lowest BCUT2D eigenvalue weighted by Gasteiger charge is -2.09. The van der Waals surface area contributed by atoms with Gasteiger partial charge in [-0.15, -0.1) is 0 Å². The van der Waals surface area contributed by atoms with Crippen molar-refractivity contribution in [2.24, 2.45) is 0 Å². The van der Waals surface area contributed by atoms with Gasteiger partial charge >= 0.3 is 0 Å². The van der Waals surface area contributed by atoms with E-state index in [2.05, 4.69) is 12.1 Å². The van der Waals surface area contributed by atoms with E-state index >= 15 is 0 Å². The summed E-state index contributed by atoms with van der Waals surface area (Å²) in [6.45, 7) is 0.317. The van der Waals surface area contributed by atoms with Crippen molar-refractivity contribution in [1.29, 1.82) is 0 Å². The number of hydrogen-bond donors (Lipinski definition) is 0. The maximum atomic E-state index is 5.40. The summed E-state index contributed by atoms with van der Waals surface area (Å²) >= 11 is 1.84. The Bertz CT molecular complexity index is 657. The van der Waals surface area contributed by atoms with E-state index in [4.69, 9.17) is 18.9 Å². The summed E-state index contributed by atoms with van der Waals surface area (Å²) in [5, 5.41) is 0. The number of thioether (sulfide) groups is 1. The maximum absolute atomic E-state index is 5.40. The van der Waals surface area contributed by atoms with Gasteiger partial charge in [-0.05, 0) is 35.4 Å². The molecule has 0 fully saturated rings. The molecular weight excluding hydrogens is 300 g/mol. The predicted molar refractivity (Wildman–Crippen MR) is 87.1 cm³/mol. The number of fused-ring (bicyclic) bond motifs is 1. The zero-order valence-electron chi connectivity index (χ0n) is 12.6. The standard InChI is InChI=1S/C17H18O4S/c1-18-14-5-3-12(7-16(14)19-2)9-22-10-13-4-6-15-17(8-13)21-11-20-15/h3-8H,9-11H2,1-2H3. The third-order valence-electron chi connectivity index (χ3n) is 3.42. The topological polar surface area (TPSA) is 36.9 Å². The van der Waals surface area contributed by atoms with E-state index in [0.29, 0.717) is 6.79 Å². The maximum Gasteiger partial charge on any atom is 0.231 e. The van der Waals surface area contributed by atoms with Gasteiger partial charge in [-0.2, -0.15) is 11.8 Å². The molecule has 0 atom stereocenters. The third kappa shape index (κ3) is 3.25. The van der Waals surface area contributed by atoms with Gasteiger partial charge in [0.2, 0.25) is 6.79 Å². The molecule has 0 radical (unpaired) electrons. The lowest BCUT2D eigenvalue weighted by atomic mass is 10.2. The first-order chi connectivity index (χ1) is 10.8. The Morgan fingerprint density at radius 2 is 1.55 bits per heavy atom. The van der Waals surface area contributed by atoms with E-state index < -0.39 is 0 Å². The van der Waals surface area contributed by atoms with Crippen molar-refractivity contribution >= 4 is 11.8 Å². The van der Waals surface area contributed by atoms with Crippen LogP contribution in [-0.4, -0.2) is 21.0 Å². The van der Waals surface area contributed by atoms with Crippen molar-refractivity contribution in [3.63, 3.8) is 0 Å². The van der Waals surface area contributed by atoms with E-state index in [0.717, 1.165) is 34.5 Å². The van der Waals surface area contributed by atoms with Crippen molar-refractivity contribution in [3.8, 4) is 23.0 Å². The second-order valence-corrected chi connectivity index (χ2v) is 5.86. The minimum atomic E-state index is 0.317. The molecule has 0 bridgehead atoms. The second kappa shape index (κ2) is 6.83. The second-order valence-electron chi connectivity index (χ2n) is 4.87. The van der Waals surface area contributed by atoms with Crippen LogP contribution in [0.5, 0.6) is 23.0 Å². The summed E-state index contributed by atoms with van der Waals surface area (Å²) < 4.78 is 21.3. The first-order valence-corrected chi connectivity index (χ1v) is 8.13. The molecule has 0 saturated carbocycles. The molecule has 2 aromatic carbocycles. The Balaban J connectivity index is 1.59. The van der Waals surface area contributed by atoms with Crippen molar-refractivity contribution in [3.05, 3.63) is 47.5 Å². The van der Waals surface area contributed by atoms with Gasteiger partial charge in [0.25, 0.3) is 0 Å². The zero-order chi connectivity index (χ0) is 15.4. The molecule has 0 amide bonds. The van der Waals surface area contributed by atoms with Crippen LogP contribution in [0.15, 0.2) is 36.4 Å². The smallest absolute Gasteiger partial charge is 0.231 e. The van der Waals surface area contributed by atoms with E-state index in [-0.39, 0.29) is 0 Å².